The predicted molar refractivity (Wildman–Crippen MR) is 140 cm³/mol. The molecular weight excluding hydrogens is 406 g/mol. The number of aromatic nitrogens is 1. The molecule has 0 atom stereocenters. The molecule has 2 aliphatic rings. The number of hydrogen-bond acceptors (Lipinski definition) is 3. The minimum absolute atomic E-state index is 0. The van der Waals surface area contributed by atoms with Crippen molar-refractivity contribution >= 4 is 17.3 Å². The third-order valence-corrected chi connectivity index (χ3v) is 6.79. The highest BCUT2D eigenvalue weighted by molar-refractivity contribution is 6.08. The highest BCUT2D eigenvalue weighted by atomic mass is 16.2. The van der Waals surface area contributed by atoms with E-state index in [0.717, 1.165) is 59.9 Å². The second-order valence-corrected chi connectivity index (χ2v) is 9.02. The van der Waals surface area contributed by atoms with E-state index in [2.05, 4.69) is 48.2 Å². The number of fused-ring (bicyclic) bond motifs is 2. The Morgan fingerprint density at radius 1 is 1.00 bits per heavy atom. The van der Waals surface area contributed by atoms with E-state index in [-0.39, 0.29) is 7.33 Å². The molecule has 1 aromatic heterocycles. The largest absolute Gasteiger partial charge is 0.372 e. The van der Waals surface area contributed by atoms with Gasteiger partial charge in [0.25, 0.3) is 5.91 Å². The molecule has 5 rings (SSSR count). The Bertz CT molecular complexity index is 1100. The Balaban J connectivity index is 0.00000105. The molecule has 1 fully saturated rings. The summed E-state index contributed by atoms with van der Waals surface area (Å²) in [5, 5.41) is 0. The lowest BCUT2D eigenvalue weighted by molar-refractivity contribution is 0.0993. The number of anilines is 2. The van der Waals surface area contributed by atoms with Crippen molar-refractivity contribution in [1.29, 1.82) is 0 Å². The molecule has 2 aliphatic heterocycles. The van der Waals surface area contributed by atoms with Gasteiger partial charge < -0.3 is 9.80 Å². The molecule has 0 bridgehead atoms. The third-order valence-electron chi connectivity index (χ3n) is 6.79. The molecule has 0 unspecified atom stereocenters. The summed E-state index contributed by atoms with van der Waals surface area (Å²) in [7, 11) is 1.84. The minimum atomic E-state index is 0. The number of carbonyl (C=O) groups excluding carboxylic acids is 1. The van der Waals surface area contributed by atoms with Gasteiger partial charge in [0.1, 0.15) is 0 Å². The highest BCUT2D eigenvalue weighted by Crippen LogP contribution is 2.30. The molecule has 0 radical (unpaired) electrons. The monoisotopic (exact) mass is 443 g/mol. The maximum absolute atomic E-state index is 12.8. The van der Waals surface area contributed by atoms with Crippen LogP contribution in [0.15, 0.2) is 60.8 Å². The van der Waals surface area contributed by atoms with Gasteiger partial charge in [0.15, 0.2) is 0 Å². The number of nitrogens with zero attached hydrogens (tertiary/aromatic N) is 3. The van der Waals surface area contributed by atoms with E-state index in [1.165, 1.54) is 24.1 Å². The normalized spacial score (nSPS) is 15.8. The van der Waals surface area contributed by atoms with Crippen LogP contribution in [-0.2, 0) is 12.8 Å². The summed E-state index contributed by atoms with van der Waals surface area (Å²) in [4.78, 5) is 21.8. The van der Waals surface area contributed by atoms with E-state index < -0.39 is 0 Å². The van der Waals surface area contributed by atoms with Crippen molar-refractivity contribution in [3.63, 3.8) is 0 Å². The second kappa shape index (κ2) is 10.2. The topological polar surface area (TPSA) is 36.4 Å². The standard InChI is InChI=1S/C27H29N3O.C2H6.H2/c1-19-11-13-30(14-12-19)24-9-7-20(8-10-24)15-23-17-22-16-21-5-3-4-6-25(21)27(31)29(2)26(22)18-28-23;1-2;/h3-10,17-19H,11-16H2,1-2H3;1-2H3;1H. The van der Waals surface area contributed by atoms with Crippen LogP contribution in [0, 0.1) is 5.92 Å². The lowest BCUT2D eigenvalue weighted by atomic mass is 9.98. The Kier molecular flexibility index (Phi) is 7.12. The lowest BCUT2D eigenvalue weighted by Gasteiger charge is -2.32. The Morgan fingerprint density at radius 3 is 2.42 bits per heavy atom. The Labute approximate surface area is 199 Å². The summed E-state index contributed by atoms with van der Waals surface area (Å²) >= 11 is 0. The predicted octanol–water partition coefficient (Wildman–Crippen LogP) is 6.36. The zero-order valence-corrected chi connectivity index (χ0v) is 20.3. The van der Waals surface area contributed by atoms with Crippen LogP contribution < -0.4 is 9.80 Å². The van der Waals surface area contributed by atoms with Gasteiger partial charge in [0.05, 0.1) is 11.9 Å². The van der Waals surface area contributed by atoms with Gasteiger partial charge in [-0.25, -0.2) is 0 Å². The third kappa shape index (κ3) is 4.95. The second-order valence-electron chi connectivity index (χ2n) is 9.02. The van der Waals surface area contributed by atoms with E-state index >= 15 is 0 Å². The van der Waals surface area contributed by atoms with E-state index in [0.29, 0.717) is 0 Å². The quantitative estimate of drug-likeness (QED) is 0.472. The van der Waals surface area contributed by atoms with Crippen molar-refractivity contribution in [3.8, 4) is 0 Å². The number of amides is 1. The van der Waals surface area contributed by atoms with E-state index in [4.69, 9.17) is 4.98 Å². The minimum Gasteiger partial charge on any atom is -0.372 e. The summed E-state index contributed by atoms with van der Waals surface area (Å²) in [5.41, 5.74) is 7.55. The molecule has 0 aliphatic carbocycles. The molecule has 0 saturated carbocycles. The van der Waals surface area contributed by atoms with Gasteiger partial charge in [-0.2, -0.15) is 0 Å². The van der Waals surface area contributed by atoms with E-state index in [1.54, 1.807) is 4.90 Å². The molecule has 3 heterocycles. The molecule has 4 nitrogen and oxygen atoms in total. The summed E-state index contributed by atoms with van der Waals surface area (Å²) in [6.07, 6.45) is 5.97. The molecule has 33 heavy (non-hydrogen) atoms. The van der Waals surface area contributed by atoms with Gasteiger partial charge in [-0.3, -0.25) is 9.78 Å². The molecule has 1 amide bonds. The van der Waals surface area contributed by atoms with Crippen LogP contribution in [0.1, 0.15) is 67.8 Å². The average molecular weight is 444 g/mol. The van der Waals surface area contributed by atoms with E-state index in [1.807, 2.05) is 45.3 Å². The maximum Gasteiger partial charge on any atom is 0.258 e. The lowest BCUT2D eigenvalue weighted by Crippen LogP contribution is -2.32. The van der Waals surface area contributed by atoms with Crippen LogP contribution in [-0.4, -0.2) is 31.0 Å². The molecule has 4 heteroatoms. The summed E-state index contributed by atoms with van der Waals surface area (Å²) in [6.45, 7) is 8.65. The highest BCUT2D eigenvalue weighted by Gasteiger charge is 2.24. The number of pyridine rings is 1. The van der Waals surface area contributed by atoms with Crippen LogP contribution in [0.3, 0.4) is 0 Å². The average Bonchev–Trinajstić information content (AvgIpc) is 2.96. The van der Waals surface area contributed by atoms with Crippen molar-refractivity contribution in [2.24, 2.45) is 5.92 Å². The summed E-state index contributed by atoms with van der Waals surface area (Å²) in [5.74, 6) is 0.878. The first kappa shape index (κ1) is 23.0. The molecule has 0 N–H and O–H groups in total. The molecule has 174 valence electrons. The zero-order valence-electron chi connectivity index (χ0n) is 20.3. The number of hydrogen-bond donors (Lipinski definition) is 0. The molecular formula is C29H37N3O. The molecule has 2 aromatic carbocycles. The number of carbonyl (C=O) groups is 1. The van der Waals surface area contributed by atoms with Gasteiger partial charge in [-0.05, 0) is 59.7 Å². The molecule has 1 saturated heterocycles. The number of rotatable bonds is 3. The van der Waals surface area contributed by atoms with Crippen molar-refractivity contribution < 1.29 is 6.22 Å². The first-order valence-electron chi connectivity index (χ1n) is 12.3. The van der Waals surface area contributed by atoms with Crippen LogP contribution in [0.2, 0.25) is 0 Å². The van der Waals surface area contributed by atoms with Crippen LogP contribution in [0.25, 0.3) is 0 Å². The fourth-order valence-corrected chi connectivity index (χ4v) is 4.76. The number of piperidine rings is 1. The first-order valence-corrected chi connectivity index (χ1v) is 12.3. The molecule has 0 spiro atoms. The van der Waals surface area contributed by atoms with Crippen LogP contribution in [0.4, 0.5) is 11.4 Å². The Morgan fingerprint density at radius 2 is 1.70 bits per heavy atom. The zero-order chi connectivity index (χ0) is 23.4. The van der Waals surface area contributed by atoms with Gasteiger partial charge >= 0.3 is 0 Å². The smallest absolute Gasteiger partial charge is 0.258 e. The first-order chi connectivity index (χ1) is 16.1. The van der Waals surface area contributed by atoms with Gasteiger partial charge in [-0.15, -0.1) is 0 Å². The fraction of sp³-hybridized carbons (Fsp3) is 0.379. The van der Waals surface area contributed by atoms with Crippen molar-refractivity contribution in [2.75, 3.05) is 29.9 Å². The van der Waals surface area contributed by atoms with Crippen LogP contribution >= 0.6 is 0 Å². The molecule has 3 aromatic rings. The van der Waals surface area contributed by atoms with Crippen molar-refractivity contribution in [2.45, 2.75) is 46.5 Å². The van der Waals surface area contributed by atoms with E-state index in [9.17, 15) is 4.79 Å². The van der Waals surface area contributed by atoms with Gasteiger partial charge in [0, 0.05) is 51.4 Å². The van der Waals surface area contributed by atoms with Crippen molar-refractivity contribution in [3.05, 3.63) is 88.7 Å². The van der Waals surface area contributed by atoms with Crippen molar-refractivity contribution in [1.82, 2.24) is 4.98 Å². The fourth-order valence-electron chi connectivity index (χ4n) is 4.76. The summed E-state index contributed by atoms with van der Waals surface area (Å²) < 4.78 is 0. The number of benzene rings is 2. The van der Waals surface area contributed by atoms with Gasteiger partial charge in [0.2, 0.25) is 0 Å². The Hall–Kier alpha value is -3.14. The maximum atomic E-state index is 12.8. The van der Waals surface area contributed by atoms with Crippen LogP contribution in [0.5, 0.6) is 0 Å². The van der Waals surface area contributed by atoms with Gasteiger partial charge in [-0.1, -0.05) is 51.1 Å². The summed E-state index contributed by atoms with van der Waals surface area (Å²) in [6, 6.07) is 19.0. The SMILES string of the molecule is CC.CC1CCN(c2ccc(Cc3cc4c(cn3)N(C)C(=O)c3ccccc3C4)cc2)CC1.[HH].